The molecule has 1 aromatic heterocycles. The molecule has 0 aliphatic heterocycles. The van der Waals surface area contributed by atoms with E-state index in [1.807, 2.05) is 0 Å². The maximum absolute atomic E-state index is 12.4. The van der Waals surface area contributed by atoms with Crippen LogP contribution in [-0.4, -0.2) is 35.9 Å². The Morgan fingerprint density at radius 3 is 2.58 bits per heavy atom. The molecule has 0 saturated carbocycles. The summed E-state index contributed by atoms with van der Waals surface area (Å²) in [5, 5.41) is 2.73. The van der Waals surface area contributed by atoms with E-state index in [0.29, 0.717) is 12.4 Å². The van der Waals surface area contributed by atoms with Gasteiger partial charge in [-0.05, 0) is 13.8 Å². The van der Waals surface area contributed by atoms with Gasteiger partial charge < -0.3 is 14.8 Å². The average Bonchev–Trinajstić information content (AvgIpc) is 2.34. The van der Waals surface area contributed by atoms with Crippen molar-refractivity contribution in [1.82, 2.24) is 9.97 Å². The van der Waals surface area contributed by atoms with Gasteiger partial charge in [-0.2, -0.15) is 18.2 Å². The third kappa shape index (κ3) is 4.90. The van der Waals surface area contributed by atoms with E-state index in [4.69, 9.17) is 9.47 Å². The zero-order chi connectivity index (χ0) is 14.5. The molecule has 19 heavy (non-hydrogen) atoms. The van der Waals surface area contributed by atoms with Crippen LogP contribution >= 0.6 is 0 Å². The van der Waals surface area contributed by atoms with Crippen LogP contribution in [-0.2, 0) is 11.3 Å². The van der Waals surface area contributed by atoms with Gasteiger partial charge in [0, 0.05) is 19.7 Å². The molecule has 0 radical (unpaired) electrons. The highest BCUT2D eigenvalue weighted by Gasteiger charge is 2.38. The van der Waals surface area contributed by atoms with Crippen LogP contribution in [0.2, 0.25) is 0 Å². The van der Waals surface area contributed by atoms with Gasteiger partial charge in [-0.25, -0.2) is 4.98 Å². The molecule has 0 amide bonds. The van der Waals surface area contributed by atoms with Crippen LogP contribution in [0.15, 0.2) is 6.07 Å². The van der Waals surface area contributed by atoms with Gasteiger partial charge in [0.1, 0.15) is 12.4 Å². The summed E-state index contributed by atoms with van der Waals surface area (Å²) in [6, 6.07) is 1.30. The van der Waals surface area contributed by atoms with Crippen molar-refractivity contribution in [3.8, 4) is 5.88 Å². The Balaban J connectivity index is 2.87. The van der Waals surface area contributed by atoms with E-state index >= 15 is 0 Å². The van der Waals surface area contributed by atoms with Crippen molar-refractivity contribution < 1.29 is 22.6 Å². The van der Waals surface area contributed by atoms with Gasteiger partial charge in [-0.1, -0.05) is 0 Å². The Labute approximate surface area is 109 Å². The molecule has 0 bridgehead atoms. The average molecular weight is 279 g/mol. The standard InChI is InChI=1S/C11H16F3N3O2/c1-4-18-6-9-16-8(15-3)5-10(17-9)19-7(2)11(12,13)14/h5,7H,4,6H2,1-3H3,(H,15,16,17). The molecule has 0 saturated heterocycles. The first-order valence-corrected chi connectivity index (χ1v) is 5.73. The molecular formula is C11H16F3N3O2. The first kappa shape index (κ1) is 15.5. The lowest BCUT2D eigenvalue weighted by atomic mass is 10.4. The monoisotopic (exact) mass is 279 g/mol. The van der Waals surface area contributed by atoms with Crippen LogP contribution in [0.3, 0.4) is 0 Å². The summed E-state index contributed by atoms with van der Waals surface area (Å²) in [5.41, 5.74) is 0. The predicted octanol–water partition coefficient (Wildman–Crippen LogP) is 2.38. The number of rotatable bonds is 6. The molecule has 1 rings (SSSR count). The summed E-state index contributed by atoms with van der Waals surface area (Å²) in [4.78, 5) is 7.92. The number of alkyl halides is 3. The van der Waals surface area contributed by atoms with Crippen LogP contribution in [0.4, 0.5) is 19.0 Å². The number of hydrogen-bond donors (Lipinski definition) is 1. The number of halogens is 3. The molecule has 1 unspecified atom stereocenters. The second-order valence-electron chi connectivity index (χ2n) is 3.70. The fourth-order valence-electron chi connectivity index (χ4n) is 1.17. The van der Waals surface area contributed by atoms with Crippen molar-refractivity contribution in [2.45, 2.75) is 32.7 Å². The molecule has 5 nitrogen and oxygen atoms in total. The second kappa shape index (κ2) is 6.55. The van der Waals surface area contributed by atoms with Gasteiger partial charge in [0.15, 0.2) is 11.9 Å². The minimum Gasteiger partial charge on any atom is -0.465 e. The Morgan fingerprint density at radius 1 is 1.37 bits per heavy atom. The second-order valence-corrected chi connectivity index (χ2v) is 3.70. The van der Waals surface area contributed by atoms with Crippen LogP contribution in [0.5, 0.6) is 5.88 Å². The zero-order valence-corrected chi connectivity index (χ0v) is 10.9. The first-order valence-electron chi connectivity index (χ1n) is 5.73. The van der Waals surface area contributed by atoms with E-state index in [-0.39, 0.29) is 18.3 Å². The molecule has 0 aromatic carbocycles. The third-order valence-corrected chi connectivity index (χ3v) is 2.20. The first-order chi connectivity index (χ1) is 8.86. The quantitative estimate of drug-likeness (QED) is 0.866. The Bertz CT molecular complexity index is 413. The highest BCUT2D eigenvalue weighted by atomic mass is 19.4. The van der Waals surface area contributed by atoms with E-state index in [1.165, 1.54) is 6.07 Å². The van der Waals surface area contributed by atoms with Gasteiger partial charge in [-0.3, -0.25) is 0 Å². The number of anilines is 1. The highest BCUT2D eigenvalue weighted by Crippen LogP contribution is 2.24. The van der Waals surface area contributed by atoms with E-state index in [0.717, 1.165) is 6.92 Å². The van der Waals surface area contributed by atoms with Crippen LogP contribution in [0.25, 0.3) is 0 Å². The van der Waals surface area contributed by atoms with Crippen LogP contribution in [0.1, 0.15) is 19.7 Å². The van der Waals surface area contributed by atoms with Crippen molar-refractivity contribution in [2.75, 3.05) is 19.0 Å². The topological polar surface area (TPSA) is 56.3 Å². The van der Waals surface area contributed by atoms with Gasteiger partial charge >= 0.3 is 6.18 Å². The lowest BCUT2D eigenvalue weighted by Gasteiger charge is -2.17. The summed E-state index contributed by atoms with van der Waals surface area (Å²) < 4.78 is 47.1. The smallest absolute Gasteiger partial charge is 0.425 e. The van der Waals surface area contributed by atoms with Gasteiger partial charge in [-0.15, -0.1) is 0 Å². The highest BCUT2D eigenvalue weighted by molar-refractivity contribution is 5.37. The zero-order valence-electron chi connectivity index (χ0n) is 10.9. The number of aromatic nitrogens is 2. The van der Waals surface area contributed by atoms with Crippen LogP contribution < -0.4 is 10.1 Å². The largest absolute Gasteiger partial charge is 0.465 e. The molecule has 1 atom stereocenters. The lowest BCUT2D eigenvalue weighted by molar-refractivity contribution is -0.190. The fourth-order valence-corrected chi connectivity index (χ4v) is 1.17. The summed E-state index contributed by atoms with van der Waals surface area (Å²) in [6.07, 6.45) is -6.38. The molecule has 0 fully saturated rings. The van der Waals surface area contributed by atoms with E-state index in [2.05, 4.69) is 15.3 Å². The minimum atomic E-state index is -4.44. The number of ether oxygens (including phenoxy) is 2. The molecular weight excluding hydrogens is 263 g/mol. The van der Waals surface area contributed by atoms with E-state index < -0.39 is 12.3 Å². The van der Waals surface area contributed by atoms with E-state index in [9.17, 15) is 13.2 Å². The maximum atomic E-state index is 12.4. The summed E-state index contributed by atoms with van der Waals surface area (Å²) >= 11 is 0. The lowest BCUT2D eigenvalue weighted by Crippen LogP contribution is -2.31. The molecule has 0 aliphatic rings. The molecule has 8 heteroatoms. The third-order valence-electron chi connectivity index (χ3n) is 2.20. The normalized spacial score (nSPS) is 13.2. The Hall–Kier alpha value is -1.57. The molecule has 1 N–H and O–H groups in total. The number of nitrogens with one attached hydrogen (secondary N) is 1. The summed E-state index contributed by atoms with van der Waals surface area (Å²) in [6.45, 7) is 3.29. The van der Waals surface area contributed by atoms with E-state index in [1.54, 1.807) is 14.0 Å². The summed E-state index contributed by atoms with van der Waals surface area (Å²) in [5.74, 6) is 0.492. The van der Waals surface area contributed by atoms with Crippen molar-refractivity contribution in [1.29, 1.82) is 0 Å². The minimum absolute atomic E-state index is 0.114. The molecule has 0 spiro atoms. The van der Waals surface area contributed by atoms with Crippen LogP contribution in [0, 0.1) is 0 Å². The van der Waals surface area contributed by atoms with Crippen molar-refractivity contribution in [2.24, 2.45) is 0 Å². The van der Waals surface area contributed by atoms with Gasteiger partial charge in [0.25, 0.3) is 0 Å². The molecule has 1 aromatic rings. The Kier molecular flexibility index (Phi) is 5.34. The van der Waals surface area contributed by atoms with Gasteiger partial charge in [0.05, 0.1) is 0 Å². The van der Waals surface area contributed by atoms with Crippen molar-refractivity contribution in [3.63, 3.8) is 0 Å². The molecule has 108 valence electrons. The number of nitrogens with zero attached hydrogens (tertiary/aromatic N) is 2. The predicted molar refractivity (Wildman–Crippen MR) is 63.1 cm³/mol. The fraction of sp³-hybridized carbons (Fsp3) is 0.636. The SMILES string of the molecule is CCOCc1nc(NC)cc(OC(C)C(F)(F)F)n1. The molecule has 1 heterocycles. The number of hydrogen-bond acceptors (Lipinski definition) is 5. The van der Waals surface area contributed by atoms with Crippen molar-refractivity contribution in [3.05, 3.63) is 11.9 Å². The van der Waals surface area contributed by atoms with Crippen molar-refractivity contribution >= 4 is 5.82 Å². The Morgan fingerprint density at radius 2 is 2.05 bits per heavy atom. The van der Waals surface area contributed by atoms with Gasteiger partial charge in [0.2, 0.25) is 5.88 Å². The summed E-state index contributed by atoms with van der Waals surface area (Å²) in [7, 11) is 1.60. The molecule has 0 aliphatic carbocycles. The maximum Gasteiger partial charge on any atom is 0.425 e.